The first-order valence-electron chi connectivity index (χ1n) is 8.24. The minimum Gasteiger partial charge on any atom is -0.496 e. The summed E-state index contributed by atoms with van der Waals surface area (Å²) >= 11 is 0. The van der Waals surface area contributed by atoms with Gasteiger partial charge >= 0.3 is 5.97 Å². The van der Waals surface area contributed by atoms with E-state index in [1.165, 1.54) is 24.6 Å². The summed E-state index contributed by atoms with van der Waals surface area (Å²) in [6.07, 6.45) is 1.23. The largest absolute Gasteiger partial charge is 0.496 e. The topological polar surface area (TPSA) is 82.1 Å². The van der Waals surface area contributed by atoms with Crippen LogP contribution in [0.4, 0.5) is 0 Å². The first-order valence-corrected chi connectivity index (χ1v) is 9.68. The summed E-state index contributed by atoms with van der Waals surface area (Å²) in [4.78, 5) is 12.0. The first kappa shape index (κ1) is 19.5. The number of esters is 1. The Morgan fingerprint density at radius 2 is 1.92 bits per heavy atom. The quantitative estimate of drug-likeness (QED) is 0.711. The molecule has 25 heavy (non-hydrogen) atoms. The van der Waals surface area contributed by atoms with Gasteiger partial charge in [0.15, 0.2) is 0 Å². The molecule has 0 N–H and O–H groups in total. The van der Waals surface area contributed by atoms with Crippen molar-refractivity contribution in [3.63, 3.8) is 0 Å². The predicted molar refractivity (Wildman–Crippen MR) is 92.4 cm³/mol. The monoisotopic (exact) mass is 371 g/mol. The zero-order valence-corrected chi connectivity index (χ0v) is 15.9. The molecule has 1 aliphatic rings. The van der Waals surface area contributed by atoms with Gasteiger partial charge in [0, 0.05) is 19.2 Å². The highest BCUT2D eigenvalue weighted by molar-refractivity contribution is 7.89. The molecule has 1 saturated heterocycles. The number of methoxy groups -OCH3 is 2. The van der Waals surface area contributed by atoms with Crippen molar-refractivity contribution in [3.8, 4) is 11.5 Å². The van der Waals surface area contributed by atoms with Crippen LogP contribution >= 0.6 is 0 Å². The van der Waals surface area contributed by atoms with Gasteiger partial charge in [-0.1, -0.05) is 0 Å². The van der Waals surface area contributed by atoms with E-state index in [2.05, 4.69) is 0 Å². The van der Waals surface area contributed by atoms with E-state index in [0.717, 1.165) is 5.56 Å². The molecule has 1 aliphatic heterocycles. The zero-order valence-electron chi connectivity index (χ0n) is 15.1. The molecule has 0 aromatic heterocycles. The maximum Gasteiger partial charge on any atom is 0.310 e. The van der Waals surface area contributed by atoms with Crippen molar-refractivity contribution >= 4 is 16.0 Å². The average molecular weight is 371 g/mol. The van der Waals surface area contributed by atoms with Crippen LogP contribution in [0.5, 0.6) is 11.5 Å². The van der Waals surface area contributed by atoms with Gasteiger partial charge in [-0.05, 0) is 38.3 Å². The Hall–Kier alpha value is -1.80. The van der Waals surface area contributed by atoms with E-state index >= 15 is 0 Å². The highest BCUT2D eigenvalue weighted by Gasteiger charge is 2.35. The number of rotatable bonds is 6. The molecule has 0 spiro atoms. The van der Waals surface area contributed by atoms with Crippen molar-refractivity contribution in [2.45, 2.75) is 31.6 Å². The molecule has 0 bridgehead atoms. The summed E-state index contributed by atoms with van der Waals surface area (Å²) < 4.78 is 43.1. The lowest BCUT2D eigenvalue weighted by Crippen LogP contribution is -2.42. The number of aryl methyl sites for hydroxylation is 1. The number of benzene rings is 1. The third-order valence-electron chi connectivity index (χ3n) is 4.30. The zero-order chi connectivity index (χ0) is 18.6. The van der Waals surface area contributed by atoms with Crippen molar-refractivity contribution in [1.29, 1.82) is 0 Å². The van der Waals surface area contributed by atoms with E-state index < -0.39 is 15.9 Å². The molecule has 1 fully saturated rings. The minimum absolute atomic E-state index is 0.0435. The Bertz CT molecular complexity index is 731. The van der Waals surface area contributed by atoms with E-state index in [4.69, 9.17) is 14.2 Å². The summed E-state index contributed by atoms with van der Waals surface area (Å²) in [6.45, 7) is 4.30. The highest BCUT2D eigenvalue weighted by Crippen LogP contribution is 2.35. The number of sulfonamides is 1. The van der Waals surface area contributed by atoms with E-state index in [1.807, 2.05) is 6.92 Å². The maximum atomic E-state index is 13.1. The fourth-order valence-corrected chi connectivity index (χ4v) is 4.65. The summed E-state index contributed by atoms with van der Waals surface area (Å²) in [5.41, 5.74) is 0.779. The Kier molecular flexibility index (Phi) is 6.29. The Balaban J connectivity index is 2.36. The van der Waals surface area contributed by atoms with Crippen molar-refractivity contribution in [2.75, 3.05) is 33.9 Å². The van der Waals surface area contributed by atoms with Crippen molar-refractivity contribution in [3.05, 3.63) is 17.7 Å². The van der Waals surface area contributed by atoms with E-state index in [0.29, 0.717) is 25.1 Å². The second-order valence-corrected chi connectivity index (χ2v) is 7.83. The molecule has 1 heterocycles. The predicted octanol–water partition coefficient (Wildman–Crippen LogP) is 1.98. The number of ether oxygens (including phenoxy) is 3. The standard InChI is InChI=1S/C17H25NO6S/c1-5-24-17(19)13-7-6-8-18(11-13)25(20,21)16-10-14(22-3)12(2)9-15(16)23-4/h9-10,13H,5-8,11H2,1-4H3. The van der Waals surface area contributed by atoms with Crippen LogP contribution < -0.4 is 9.47 Å². The van der Waals surface area contributed by atoms with Crippen LogP contribution in [-0.4, -0.2) is 52.6 Å². The molecule has 1 aromatic carbocycles. The Morgan fingerprint density at radius 1 is 1.24 bits per heavy atom. The molecule has 0 amide bonds. The van der Waals surface area contributed by atoms with Crippen molar-refractivity contribution in [2.24, 2.45) is 5.92 Å². The van der Waals surface area contributed by atoms with Gasteiger partial charge in [-0.2, -0.15) is 4.31 Å². The van der Waals surface area contributed by atoms with Gasteiger partial charge in [0.25, 0.3) is 0 Å². The normalized spacial score (nSPS) is 18.6. The first-order chi connectivity index (χ1) is 11.8. The van der Waals surface area contributed by atoms with Gasteiger partial charge in [0.1, 0.15) is 16.4 Å². The molecular weight excluding hydrogens is 346 g/mol. The van der Waals surface area contributed by atoms with Gasteiger partial charge < -0.3 is 14.2 Å². The molecule has 140 valence electrons. The number of piperidine rings is 1. The van der Waals surface area contributed by atoms with E-state index in [-0.39, 0.29) is 29.8 Å². The van der Waals surface area contributed by atoms with Crippen LogP contribution in [0, 0.1) is 12.8 Å². The van der Waals surface area contributed by atoms with Crippen LogP contribution in [0.25, 0.3) is 0 Å². The second kappa shape index (κ2) is 8.05. The summed E-state index contributed by atoms with van der Waals surface area (Å²) in [6, 6.07) is 3.11. The molecule has 1 unspecified atom stereocenters. The molecule has 7 nitrogen and oxygen atoms in total. The summed E-state index contributed by atoms with van der Waals surface area (Å²) in [7, 11) is -0.898. The molecule has 0 aliphatic carbocycles. The van der Waals surface area contributed by atoms with Gasteiger partial charge in [-0.25, -0.2) is 8.42 Å². The molecule has 1 aromatic rings. The van der Waals surface area contributed by atoms with Crippen LogP contribution in [-0.2, 0) is 19.6 Å². The minimum atomic E-state index is -3.81. The third-order valence-corrected chi connectivity index (χ3v) is 6.19. The fraction of sp³-hybridized carbons (Fsp3) is 0.588. The second-order valence-electron chi connectivity index (χ2n) is 5.93. The van der Waals surface area contributed by atoms with Gasteiger partial charge in [-0.15, -0.1) is 0 Å². The Labute approximate surface area is 148 Å². The lowest BCUT2D eigenvalue weighted by molar-refractivity contribution is -0.149. The van der Waals surface area contributed by atoms with Gasteiger partial charge in [0.05, 0.1) is 26.7 Å². The van der Waals surface area contributed by atoms with Crippen LogP contribution in [0.2, 0.25) is 0 Å². The Morgan fingerprint density at radius 3 is 2.52 bits per heavy atom. The number of nitrogens with zero attached hydrogens (tertiary/aromatic N) is 1. The summed E-state index contributed by atoms with van der Waals surface area (Å²) in [5.74, 6) is -0.0625. The number of carbonyl (C=O) groups excluding carboxylic acids is 1. The number of hydrogen-bond donors (Lipinski definition) is 0. The van der Waals surface area contributed by atoms with Crippen LogP contribution in [0.1, 0.15) is 25.3 Å². The number of carbonyl (C=O) groups is 1. The molecule has 1 atom stereocenters. The number of hydrogen-bond acceptors (Lipinski definition) is 6. The SMILES string of the molecule is CCOC(=O)C1CCCN(S(=O)(=O)c2cc(OC)c(C)cc2OC)C1. The molecule has 8 heteroatoms. The average Bonchev–Trinajstić information content (AvgIpc) is 2.61. The van der Waals surface area contributed by atoms with Crippen molar-refractivity contribution in [1.82, 2.24) is 4.31 Å². The highest BCUT2D eigenvalue weighted by atomic mass is 32.2. The third kappa shape index (κ3) is 4.07. The van der Waals surface area contributed by atoms with Crippen LogP contribution in [0.3, 0.4) is 0 Å². The maximum absolute atomic E-state index is 13.1. The molecule has 0 radical (unpaired) electrons. The fourth-order valence-electron chi connectivity index (χ4n) is 2.98. The molecule has 0 saturated carbocycles. The molecular formula is C17H25NO6S. The van der Waals surface area contributed by atoms with E-state index in [1.54, 1.807) is 13.0 Å². The lowest BCUT2D eigenvalue weighted by atomic mass is 10.0. The lowest BCUT2D eigenvalue weighted by Gasteiger charge is -2.31. The van der Waals surface area contributed by atoms with Crippen LogP contribution in [0.15, 0.2) is 17.0 Å². The van der Waals surface area contributed by atoms with E-state index in [9.17, 15) is 13.2 Å². The van der Waals surface area contributed by atoms with Gasteiger partial charge in [0.2, 0.25) is 10.0 Å². The molecule has 2 rings (SSSR count). The van der Waals surface area contributed by atoms with Crippen molar-refractivity contribution < 1.29 is 27.4 Å². The summed E-state index contributed by atoms with van der Waals surface area (Å²) in [5, 5.41) is 0. The van der Waals surface area contributed by atoms with Gasteiger partial charge in [-0.3, -0.25) is 4.79 Å². The smallest absolute Gasteiger partial charge is 0.310 e.